The minimum absolute atomic E-state index is 0.259. The first-order valence-corrected chi connectivity index (χ1v) is 6.30. The molecular weight excluding hydrogens is 217 g/mol. The summed E-state index contributed by atoms with van der Waals surface area (Å²) in [4.78, 5) is 2.22. The van der Waals surface area contributed by atoms with Crippen molar-refractivity contribution in [3.8, 4) is 0 Å². The van der Waals surface area contributed by atoms with Gasteiger partial charge in [0, 0.05) is 12.6 Å². The average Bonchev–Trinajstić information content (AvgIpc) is 2.83. The topological polar surface area (TPSA) is 23.5 Å². The fourth-order valence-corrected chi connectivity index (χ4v) is 2.56. The third-order valence-corrected chi connectivity index (χ3v) is 3.66. The van der Waals surface area contributed by atoms with Crippen LogP contribution >= 0.6 is 0 Å². The van der Waals surface area contributed by atoms with Crippen molar-refractivity contribution < 1.29 is 9.50 Å². The molecule has 2 nitrogen and oxygen atoms in total. The molecule has 0 bridgehead atoms. The van der Waals surface area contributed by atoms with Crippen molar-refractivity contribution in [2.24, 2.45) is 0 Å². The number of halogens is 1. The van der Waals surface area contributed by atoms with E-state index in [9.17, 15) is 9.50 Å². The molecule has 3 heteroatoms. The van der Waals surface area contributed by atoms with E-state index >= 15 is 0 Å². The van der Waals surface area contributed by atoms with E-state index in [1.54, 1.807) is 12.1 Å². The van der Waals surface area contributed by atoms with E-state index in [0.717, 1.165) is 5.56 Å². The van der Waals surface area contributed by atoms with Gasteiger partial charge < -0.3 is 10.0 Å². The molecule has 2 rings (SSSR count). The van der Waals surface area contributed by atoms with Crippen LogP contribution in [0, 0.1) is 5.82 Å². The van der Waals surface area contributed by atoms with Crippen LogP contribution in [0.5, 0.6) is 0 Å². The quantitative estimate of drug-likeness (QED) is 0.870. The van der Waals surface area contributed by atoms with Crippen LogP contribution in [0.1, 0.15) is 37.4 Å². The van der Waals surface area contributed by atoms with Crippen molar-refractivity contribution in [2.45, 2.75) is 37.8 Å². The van der Waals surface area contributed by atoms with Gasteiger partial charge in [-0.3, -0.25) is 0 Å². The van der Waals surface area contributed by atoms with Crippen LogP contribution in [0.4, 0.5) is 4.39 Å². The summed E-state index contributed by atoms with van der Waals surface area (Å²) in [5.74, 6) is -0.259. The van der Waals surface area contributed by atoms with Crippen LogP contribution < -0.4 is 0 Å². The van der Waals surface area contributed by atoms with Crippen molar-refractivity contribution in [3.05, 3.63) is 35.6 Å². The van der Waals surface area contributed by atoms with Crippen molar-refractivity contribution in [2.75, 3.05) is 13.6 Å². The minimum atomic E-state index is -0.527. The summed E-state index contributed by atoms with van der Waals surface area (Å²) in [7, 11) is 2.06. The van der Waals surface area contributed by atoms with E-state index in [4.69, 9.17) is 0 Å². The average molecular weight is 237 g/mol. The Labute approximate surface area is 102 Å². The molecule has 0 aromatic heterocycles. The zero-order chi connectivity index (χ0) is 12.3. The van der Waals surface area contributed by atoms with Gasteiger partial charge in [-0.15, -0.1) is 0 Å². The summed E-state index contributed by atoms with van der Waals surface area (Å²) in [5, 5.41) is 10.1. The predicted octanol–water partition coefficient (Wildman–Crippen LogP) is 2.73. The number of hydrogen-bond donors (Lipinski definition) is 1. The molecule has 17 heavy (non-hydrogen) atoms. The lowest BCUT2D eigenvalue weighted by Gasteiger charge is -2.26. The van der Waals surface area contributed by atoms with E-state index in [1.165, 1.54) is 37.8 Å². The number of aliphatic hydroxyl groups is 1. The highest BCUT2D eigenvalue weighted by atomic mass is 19.1. The van der Waals surface area contributed by atoms with Gasteiger partial charge in [0.2, 0.25) is 0 Å². The zero-order valence-electron chi connectivity index (χ0n) is 10.3. The Morgan fingerprint density at radius 1 is 1.29 bits per heavy atom. The van der Waals surface area contributed by atoms with Gasteiger partial charge in [-0.05, 0) is 37.6 Å². The Hall–Kier alpha value is -0.930. The SMILES string of the molecule is CN(C[C@H](O)c1ccc(F)cc1)C1CCCC1. The van der Waals surface area contributed by atoms with Crippen LogP contribution in [0.3, 0.4) is 0 Å². The fourth-order valence-electron chi connectivity index (χ4n) is 2.56. The summed E-state index contributed by atoms with van der Waals surface area (Å²) >= 11 is 0. The lowest BCUT2D eigenvalue weighted by molar-refractivity contribution is 0.105. The third-order valence-electron chi connectivity index (χ3n) is 3.66. The highest BCUT2D eigenvalue weighted by Crippen LogP contribution is 2.24. The van der Waals surface area contributed by atoms with Gasteiger partial charge in [0.15, 0.2) is 0 Å². The standard InChI is InChI=1S/C14H20FNO/c1-16(13-4-2-3-5-13)10-14(17)11-6-8-12(15)9-7-11/h6-9,13-14,17H,2-5,10H2,1H3/t14-/m0/s1. The van der Waals surface area contributed by atoms with E-state index in [-0.39, 0.29) is 5.82 Å². The summed E-state index contributed by atoms with van der Waals surface area (Å²) in [6, 6.07) is 6.71. The maximum Gasteiger partial charge on any atom is 0.123 e. The molecule has 1 aromatic rings. The molecule has 94 valence electrons. The number of aliphatic hydroxyl groups excluding tert-OH is 1. The first-order valence-electron chi connectivity index (χ1n) is 6.30. The molecule has 0 saturated heterocycles. The van der Waals surface area contributed by atoms with E-state index in [2.05, 4.69) is 11.9 Å². The molecular formula is C14H20FNO. The van der Waals surface area contributed by atoms with Crippen LogP contribution in [-0.4, -0.2) is 29.6 Å². The highest BCUT2D eigenvalue weighted by Gasteiger charge is 2.21. The number of hydrogen-bond acceptors (Lipinski definition) is 2. The van der Waals surface area contributed by atoms with E-state index < -0.39 is 6.10 Å². The van der Waals surface area contributed by atoms with Crippen LogP contribution in [0.2, 0.25) is 0 Å². The molecule has 1 aromatic carbocycles. The molecule has 0 radical (unpaired) electrons. The summed E-state index contributed by atoms with van der Waals surface area (Å²) < 4.78 is 12.8. The second-order valence-electron chi connectivity index (χ2n) is 4.95. The molecule has 0 amide bonds. The molecule has 0 aliphatic heterocycles. The number of rotatable bonds is 4. The Balaban J connectivity index is 1.91. The molecule has 1 fully saturated rings. The van der Waals surface area contributed by atoms with Crippen LogP contribution in [0.15, 0.2) is 24.3 Å². The largest absolute Gasteiger partial charge is 0.387 e. The number of benzene rings is 1. The second kappa shape index (κ2) is 5.61. The Kier molecular flexibility index (Phi) is 4.13. The summed E-state index contributed by atoms with van der Waals surface area (Å²) in [6.45, 7) is 0.621. The van der Waals surface area contributed by atoms with Gasteiger partial charge in [-0.25, -0.2) is 4.39 Å². The van der Waals surface area contributed by atoms with Crippen molar-refractivity contribution in [1.29, 1.82) is 0 Å². The van der Waals surface area contributed by atoms with Crippen molar-refractivity contribution in [1.82, 2.24) is 4.90 Å². The molecule has 1 aliphatic carbocycles. The normalized spacial score (nSPS) is 18.8. The fraction of sp³-hybridized carbons (Fsp3) is 0.571. The molecule has 1 aliphatic rings. The third kappa shape index (κ3) is 3.27. The van der Waals surface area contributed by atoms with Crippen molar-refractivity contribution in [3.63, 3.8) is 0 Å². The summed E-state index contributed by atoms with van der Waals surface area (Å²) in [5.41, 5.74) is 0.788. The smallest absolute Gasteiger partial charge is 0.123 e. The van der Waals surface area contributed by atoms with E-state index in [1.807, 2.05) is 0 Å². The molecule has 0 spiro atoms. The first kappa shape index (κ1) is 12.5. The van der Waals surface area contributed by atoms with Gasteiger partial charge in [-0.2, -0.15) is 0 Å². The van der Waals surface area contributed by atoms with Gasteiger partial charge in [-0.1, -0.05) is 25.0 Å². The van der Waals surface area contributed by atoms with Gasteiger partial charge in [0.25, 0.3) is 0 Å². The number of nitrogens with zero attached hydrogens (tertiary/aromatic N) is 1. The second-order valence-corrected chi connectivity index (χ2v) is 4.95. The Morgan fingerprint density at radius 2 is 1.88 bits per heavy atom. The lowest BCUT2D eigenvalue weighted by Crippen LogP contribution is -2.33. The van der Waals surface area contributed by atoms with Crippen LogP contribution in [-0.2, 0) is 0 Å². The summed E-state index contributed by atoms with van der Waals surface area (Å²) in [6.07, 6.45) is 4.52. The van der Waals surface area contributed by atoms with E-state index in [0.29, 0.717) is 12.6 Å². The lowest BCUT2D eigenvalue weighted by atomic mass is 10.1. The molecule has 0 unspecified atom stereocenters. The molecule has 0 heterocycles. The monoisotopic (exact) mass is 237 g/mol. The maximum absolute atomic E-state index is 12.8. The van der Waals surface area contributed by atoms with Gasteiger partial charge >= 0.3 is 0 Å². The van der Waals surface area contributed by atoms with Gasteiger partial charge in [0.1, 0.15) is 5.82 Å². The molecule has 1 N–H and O–H groups in total. The maximum atomic E-state index is 12.8. The predicted molar refractivity (Wildman–Crippen MR) is 66.2 cm³/mol. The Morgan fingerprint density at radius 3 is 2.47 bits per heavy atom. The zero-order valence-corrected chi connectivity index (χ0v) is 10.3. The molecule has 1 atom stereocenters. The van der Waals surface area contributed by atoms with Crippen molar-refractivity contribution >= 4 is 0 Å². The first-order chi connectivity index (χ1) is 8.16. The minimum Gasteiger partial charge on any atom is -0.387 e. The van der Waals surface area contributed by atoms with Crippen LogP contribution in [0.25, 0.3) is 0 Å². The number of likely N-dealkylation sites (N-methyl/N-ethyl adjacent to an activating group) is 1. The van der Waals surface area contributed by atoms with Gasteiger partial charge in [0.05, 0.1) is 6.10 Å². The highest BCUT2D eigenvalue weighted by molar-refractivity contribution is 5.18. The Bertz CT molecular complexity index is 346. The molecule has 1 saturated carbocycles.